The minimum atomic E-state index is -1.77. The molecule has 5 aliphatic carbocycles. The largest absolute Gasteiger partial charge is 0.481 e. The van der Waals surface area contributed by atoms with Crippen molar-refractivity contribution in [1.29, 1.82) is 0 Å². The van der Waals surface area contributed by atoms with E-state index in [-0.39, 0.29) is 52.6 Å². The Balaban J connectivity index is 1.05. The van der Waals surface area contributed by atoms with E-state index in [4.69, 9.17) is 28.4 Å². The van der Waals surface area contributed by atoms with Crippen LogP contribution in [0.15, 0.2) is 11.6 Å². The highest BCUT2D eigenvalue weighted by Crippen LogP contribution is 2.76. The maximum absolute atomic E-state index is 13.1. The molecular formula is C47H76O17. The molecular weight excluding hydrogens is 837 g/mol. The topological polar surface area (TPSA) is 275 Å². The lowest BCUT2D eigenvalue weighted by atomic mass is 9.33. The van der Waals surface area contributed by atoms with Crippen molar-refractivity contribution in [2.24, 2.45) is 50.2 Å². The van der Waals surface area contributed by atoms with Crippen molar-refractivity contribution in [3.05, 3.63) is 11.6 Å². The van der Waals surface area contributed by atoms with Crippen LogP contribution in [-0.4, -0.2) is 169 Å². The summed E-state index contributed by atoms with van der Waals surface area (Å²) >= 11 is 0. The molecule has 64 heavy (non-hydrogen) atoms. The molecule has 23 atom stereocenters. The quantitative estimate of drug-likeness (QED) is 0.116. The predicted octanol–water partition coefficient (Wildman–Crippen LogP) is 1.35. The SMILES string of the molecule is C[C@H]1O[C@@H](O[C@@H]2[C@H](O[C@@H]3CC[C@@]4(C)[C@H](CC[C@]5(C)[C@@H]4CC=C4[C@H]6CC(C)(C)CC[C@@]6(C(=O)O)CC[C@@]45C)[C@@]3(C)CO)OC[C@@H](O[C@H]3O[C@@H](CO)[C@H](O)[C@@H](O)[C@@H]3O)[C@@H]2O)[C@H](O)[C@H](O)[C@@H]1O. The van der Waals surface area contributed by atoms with Crippen molar-refractivity contribution in [2.45, 2.75) is 205 Å². The van der Waals surface area contributed by atoms with Crippen molar-refractivity contribution < 1.29 is 84.3 Å². The van der Waals surface area contributed by atoms with Crippen molar-refractivity contribution in [1.82, 2.24) is 0 Å². The number of hydrogen-bond donors (Lipinski definition) is 10. The summed E-state index contributed by atoms with van der Waals surface area (Å²) in [6.45, 7) is 14.0. The number of carboxylic acids is 1. The Bertz CT molecular complexity index is 1750. The number of aliphatic hydroxyl groups is 9. The molecule has 0 aromatic carbocycles. The van der Waals surface area contributed by atoms with Gasteiger partial charge in [0.15, 0.2) is 18.9 Å². The van der Waals surface area contributed by atoms with Crippen LogP contribution in [0.3, 0.4) is 0 Å². The number of hydrogen-bond acceptors (Lipinski definition) is 16. The summed E-state index contributed by atoms with van der Waals surface area (Å²) in [7, 11) is 0. The number of aliphatic carboxylic acids is 1. The minimum Gasteiger partial charge on any atom is -0.481 e. The lowest BCUT2D eigenvalue weighted by molar-refractivity contribution is -0.381. The van der Waals surface area contributed by atoms with E-state index in [2.05, 4.69) is 40.7 Å². The van der Waals surface area contributed by atoms with Crippen molar-refractivity contribution >= 4 is 5.97 Å². The second kappa shape index (κ2) is 17.2. The van der Waals surface area contributed by atoms with Gasteiger partial charge in [0.25, 0.3) is 0 Å². The second-order valence-corrected chi connectivity index (χ2v) is 22.9. The van der Waals surface area contributed by atoms with Gasteiger partial charge in [0, 0.05) is 5.41 Å². The van der Waals surface area contributed by atoms with E-state index in [0.29, 0.717) is 19.3 Å². The van der Waals surface area contributed by atoms with Crippen LogP contribution in [0.1, 0.15) is 113 Å². The molecule has 0 unspecified atom stereocenters. The van der Waals surface area contributed by atoms with Crippen LogP contribution in [0, 0.1) is 50.2 Å². The minimum absolute atomic E-state index is 0.00757. The molecule has 0 aromatic heterocycles. The summed E-state index contributed by atoms with van der Waals surface area (Å²) in [6, 6.07) is 0. The third kappa shape index (κ3) is 7.49. The van der Waals surface area contributed by atoms with E-state index in [0.717, 1.165) is 44.9 Å². The number of allylic oxidation sites excluding steroid dienone is 2. The van der Waals surface area contributed by atoms with Crippen LogP contribution in [0.2, 0.25) is 0 Å². The number of carboxylic acid groups (broad SMARTS) is 1. The molecule has 10 N–H and O–H groups in total. The third-order valence-corrected chi connectivity index (χ3v) is 19.1. The van der Waals surface area contributed by atoms with Crippen LogP contribution in [-0.2, 0) is 33.2 Å². The van der Waals surface area contributed by atoms with Crippen molar-refractivity contribution in [3.63, 3.8) is 0 Å². The summed E-state index contributed by atoms with van der Waals surface area (Å²) in [5.41, 5.74) is -0.704. The van der Waals surface area contributed by atoms with E-state index in [1.54, 1.807) is 0 Å². The highest BCUT2D eigenvalue weighted by atomic mass is 16.8. The molecule has 0 amide bonds. The van der Waals surface area contributed by atoms with Gasteiger partial charge in [-0.25, -0.2) is 0 Å². The van der Waals surface area contributed by atoms with E-state index in [1.807, 2.05) is 6.92 Å². The molecule has 4 saturated carbocycles. The van der Waals surface area contributed by atoms with Gasteiger partial charge < -0.3 is 79.5 Å². The second-order valence-electron chi connectivity index (χ2n) is 22.9. The molecule has 366 valence electrons. The summed E-state index contributed by atoms with van der Waals surface area (Å²) in [5.74, 6) is -0.441. The van der Waals surface area contributed by atoms with E-state index in [9.17, 15) is 55.9 Å². The first kappa shape index (κ1) is 49.0. The van der Waals surface area contributed by atoms with E-state index in [1.165, 1.54) is 12.5 Å². The predicted molar refractivity (Wildman–Crippen MR) is 225 cm³/mol. The molecule has 3 aliphatic heterocycles. The van der Waals surface area contributed by atoms with Crippen LogP contribution >= 0.6 is 0 Å². The molecule has 17 nitrogen and oxygen atoms in total. The van der Waals surface area contributed by atoms with Crippen LogP contribution in [0.25, 0.3) is 0 Å². The van der Waals surface area contributed by atoms with Gasteiger partial charge in [-0.05, 0) is 111 Å². The van der Waals surface area contributed by atoms with E-state index >= 15 is 0 Å². The Morgan fingerprint density at radius 3 is 2.03 bits per heavy atom. The zero-order valence-corrected chi connectivity index (χ0v) is 38.5. The number of carbonyl (C=O) groups is 1. The first-order valence-corrected chi connectivity index (χ1v) is 23.7. The van der Waals surface area contributed by atoms with E-state index < -0.39 is 116 Å². The fourth-order valence-electron chi connectivity index (χ4n) is 14.8. The molecule has 0 aromatic rings. The fourth-order valence-corrected chi connectivity index (χ4v) is 14.8. The first-order valence-electron chi connectivity index (χ1n) is 23.7. The fraction of sp³-hybridized carbons (Fsp3) is 0.936. The highest BCUT2D eigenvalue weighted by molar-refractivity contribution is 5.76. The molecule has 8 aliphatic rings. The number of ether oxygens (including phenoxy) is 6. The summed E-state index contributed by atoms with van der Waals surface area (Å²) in [5, 5.41) is 108. The lowest BCUT2D eigenvalue weighted by Crippen LogP contribution is -2.67. The van der Waals surface area contributed by atoms with Gasteiger partial charge in [-0.2, -0.15) is 0 Å². The molecule has 0 bridgehead atoms. The molecule has 8 rings (SSSR count). The normalized spacial score (nSPS) is 55.0. The molecule has 17 heteroatoms. The van der Waals surface area contributed by atoms with Gasteiger partial charge >= 0.3 is 5.97 Å². The zero-order chi connectivity index (χ0) is 46.7. The first-order chi connectivity index (χ1) is 29.9. The van der Waals surface area contributed by atoms with Crippen LogP contribution < -0.4 is 0 Å². The average Bonchev–Trinajstić information content (AvgIpc) is 3.24. The Morgan fingerprint density at radius 1 is 0.719 bits per heavy atom. The van der Waals surface area contributed by atoms with Gasteiger partial charge in [-0.1, -0.05) is 53.2 Å². The summed E-state index contributed by atoms with van der Waals surface area (Å²) in [6.07, 6.45) is -11.7. The highest BCUT2D eigenvalue weighted by Gasteiger charge is 2.70. The smallest absolute Gasteiger partial charge is 0.310 e. The van der Waals surface area contributed by atoms with Crippen molar-refractivity contribution in [3.8, 4) is 0 Å². The van der Waals surface area contributed by atoms with Gasteiger partial charge in [-0.15, -0.1) is 0 Å². The Hall–Kier alpha value is -1.39. The van der Waals surface area contributed by atoms with Crippen molar-refractivity contribution in [2.75, 3.05) is 19.8 Å². The Kier molecular flexibility index (Phi) is 13.2. The Morgan fingerprint density at radius 2 is 1.38 bits per heavy atom. The maximum atomic E-state index is 13.1. The maximum Gasteiger partial charge on any atom is 0.310 e. The lowest BCUT2D eigenvalue weighted by Gasteiger charge is -2.71. The standard InChI is InChI=1S/C47H76O17/c1-22-30(50)33(53)35(55)38(60-22)64-37-32(52)26(62-39-36(56)34(54)31(51)25(19-48)61-39)20-59-40(37)63-29-11-12-43(4)27(44(29,5)21-49)10-13-46(7)28(43)9-8-23-24-18-42(2,3)14-16-47(24,41(57)58)17-15-45(23,46)6/h8,22,24-40,48-56H,9-21H2,1-7H3,(H,57,58)/t22-,24-,25+,26-,27+,28-,29-,30-,31+,32+,33-,34-,35-,36+,37+,38+,39-,40+,43+,44-,45+,46-,47-/m1/s1. The third-order valence-electron chi connectivity index (χ3n) is 19.1. The number of aliphatic hydroxyl groups excluding tert-OH is 9. The zero-order valence-electron chi connectivity index (χ0n) is 38.5. The van der Waals surface area contributed by atoms with Gasteiger partial charge in [0.05, 0.1) is 37.4 Å². The molecule has 0 spiro atoms. The molecule has 3 heterocycles. The molecule has 7 fully saturated rings. The molecule has 0 radical (unpaired) electrons. The average molecular weight is 913 g/mol. The number of fused-ring (bicyclic) bond motifs is 7. The summed E-state index contributed by atoms with van der Waals surface area (Å²) in [4.78, 5) is 13.1. The van der Waals surface area contributed by atoms with Gasteiger partial charge in [0.2, 0.25) is 0 Å². The monoisotopic (exact) mass is 913 g/mol. The Labute approximate surface area is 376 Å². The van der Waals surface area contributed by atoms with Crippen LogP contribution in [0.4, 0.5) is 0 Å². The van der Waals surface area contributed by atoms with Crippen LogP contribution in [0.5, 0.6) is 0 Å². The number of rotatable bonds is 9. The van der Waals surface area contributed by atoms with Gasteiger partial charge in [-0.3, -0.25) is 4.79 Å². The van der Waals surface area contributed by atoms with Gasteiger partial charge in [0.1, 0.15) is 61.0 Å². The molecule has 3 saturated heterocycles. The summed E-state index contributed by atoms with van der Waals surface area (Å²) < 4.78 is 36.5.